The second-order valence-electron chi connectivity index (χ2n) is 5.55. The van der Waals surface area contributed by atoms with Crippen LogP contribution in [0.25, 0.3) is 0 Å². The number of nitrogens with one attached hydrogen (secondary N) is 2. The molecular weight excluding hydrogens is 212 g/mol. The molecule has 0 atom stereocenters. The van der Waals surface area contributed by atoms with Crippen molar-refractivity contribution >= 4 is 5.82 Å². The zero-order valence-corrected chi connectivity index (χ0v) is 11.5. The Balaban J connectivity index is 2.62. The third kappa shape index (κ3) is 5.13. The highest BCUT2D eigenvalue weighted by Crippen LogP contribution is 2.12. The summed E-state index contributed by atoms with van der Waals surface area (Å²) >= 11 is 0. The van der Waals surface area contributed by atoms with Gasteiger partial charge in [0.25, 0.3) is 0 Å². The molecule has 0 aliphatic rings. The van der Waals surface area contributed by atoms with E-state index in [4.69, 9.17) is 0 Å². The van der Waals surface area contributed by atoms with E-state index in [0.717, 1.165) is 24.5 Å². The van der Waals surface area contributed by atoms with Gasteiger partial charge in [-0.05, 0) is 45.4 Å². The quantitative estimate of drug-likeness (QED) is 0.794. The van der Waals surface area contributed by atoms with Crippen molar-refractivity contribution in [3.05, 3.63) is 17.8 Å². The maximum atomic E-state index is 4.23. The van der Waals surface area contributed by atoms with E-state index in [9.17, 15) is 0 Å². The zero-order chi connectivity index (χ0) is 12.9. The van der Waals surface area contributed by atoms with Crippen molar-refractivity contribution in [1.82, 2.24) is 15.5 Å². The number of aromatic nitrogens is 2. The maximum absolute atomic E-state index is 4.23. The van der Waals surface area contributed by atoms with Crippen molar-refractivity contribution in [2.45, 2.75) is 39.7 Å². The second kappa shape index (κ2) is 5.96. The van der Waals surface area contributed by atoms with Crippen molar-refractivity contribution in [3.8, 4) is 0 Å². The summed E-state index contributed by atoms with van der Waals surface area (Å²) in [5.74, 6) is 1.45. The van der Waals surface area contributed by atoms with E-state index in [1.807, 2.05) is 19.2 Å². The number of anilines is 1. The average Bonchev–Trinajstić information content (AvgIpc) is 2.19. The zero-order valence-electron chi connectivity index (χ0n) is 11.5. The fourth-order valence-electron chi connectivity index (χ4n) is 1.79. The molecule has 0 saturated carbocycles. The first-order valence-corrected chi connectivity index (χ1v) is 6.18. The van der Waals surface area contributed by atoms with Crippen LogP contribution in [-0.2, 0) is 6.42 Å². The molecule has 0 radical (unpaired) electrons. The van der Waals surface area contributed by atoms with E-state index < -0.39 is 0 Å². The lowest BCUT2D eigenvalue weighted by Crippen LogP contribution is -2.41. The number of hydrogen-bond acceptors (Lipinski definition) is 4. The number of rotatable bonds is 6. The molecule has 1 aromatic heterocycles. The molecule has 0 fully saturated rings. The van der Waals surface area contributed by atoms with Crippen LogP contribution >= 0.6 is 0 Å². The van der Waals surface area contributed by atoms with E-state index in [-0.39, 0.29) is 5.54 Å². The minimum Gasteiger partial charge on any atom is -0.362 e. The monoisotopic (exact) mass is 236 g/mol. The highest BCUT2D eigenvalue weighted by molar-refractivity contribution is 5.36. The molecule has 2 N–H and O–H groups in total. The van der Waals surface area contributed by atoms with Crippen LogP contribution in [0.1, 0.15) is 33.4 Å². The predicted octanol–water partition coefficient (Wildman–Crippen LogP) is 2.08. The van der Waals surface area contributed by atoms with Crippen molar-refractivity contribution in [2.24, 2.45) is 5.92 Å². The fourth-order valence-corrected chi connectivity index (χ4v) is 1.79. The first-order valence-electron chi connectivity index (χ1n) is 6.18. The van der Waals surface area contributed by atoms with Gasteiger partial charge in [-0.15, -0.1) is 5.10 Å². The summed E-state index contributed by atoms with van der Waals surface area (Å²) in [7, 11) is 1.95. The van der Waals surface area contributed by atoms with Crippen LogP contribution in [0.15, 0.2) is 12.1 Å². The van der Waals surface area contributed by atoms with Crippen LogP contribution in [0, 0.1) is 5.92 Å². The lowest BCUT2D eigenvalue weighted by Gasteiger charge is -2.26. The van der Waals surface area contributed by atoms with Gasteiger partial charge in [-0.2, -0.15) is 5.10 Å². The minimum atomic E-state index is -0.0248. The predicted molar refractivity (Wildman–Crippen MR) is 72.2 cm³/mol. The molecule has 1 heterocycles. The Bertz CT molecular complexity index is 330. The van der Waals surface area contributed by atoms with Gasteiger partial charge < -0.3 is 10.6 Å². The Hall–Kier alpha value is -1.16. The molecule has 0 unspecified atom stereocenters. The summed E-state index contributed by atoms with van der Waals surface area (Å²) in [6.45, 7) is 9.51. The van der Waals surface area contributed by atoms with Crippen LogP contribution in [-0.4, -0.2) is 29.3 Å². The third-order valence-corrected chi connectivity index (χ3v) is 2.42. The first kappa shape index (κ1) is 13.9. The van der Waals surface area contributed by atoms with Gasteiger partial charge in [0.15, 0.2) is 0 Å². The standard InChI is InChI=1S/C13H24N4/c1-10(2)8-11-6-7-12(17-16-11)15-13(3,4)9-14-5/h6-7,10,14H,8-9H2,1-5H3,(H,15,17). The van der Waals surface area contributed by atoms with E-state index in [0.29, 0.717) is 5.92 Å². The lowest BCUT2D eigenvalue weighted by atomic mass is 10.1. The molecule has 0 bridgehead atoms. The summed E-state index contributed by atoms with van der Waals surface area (Å²) in [5, 5.41) is 15.0. The fraction of sp³-hybridized carbons (Fsp3) is 0.692. The topological polar surface area (TPSA) is 49.8 Å². The molecule has 4 heteroatoms. The molecule has 0 aliphatic carbocycles. The van der Waals surface area contributed by atoms with Crippen LogP contribution in [0.3, 0.4) is 0 Å². The Morgan fingerprint density at radius 1 is 1.24 bits per heavy atom. The Kier molecular flexibility index (Phi) is 4.87. The molecule has 1 aromatic rings. The van der Waals surface area contributed by atoms with Gasteiger partial charge in [0.1, 0.15) is 5.82 Å². The smallest absolute Gasteiger partial charge is 0.149 e. The van der Waals surface area contributed by atoms with Crippen LogP contribution in [0.4, 0.5) is 5.82 Å². The first-order chi connectivity index (χ1) is 7.93. The molecule has 1 rings (SSSR count). The normalized spacial score (nSPS) is 11.9. The number of likely N-dealkylation sites (N-methyl/N-ethyl adjacent to an activating group) is 1. The molecule has 4 nitrogen and oxygen atoms in total. The maximum Gasteiger partial charge on any atom is 0.149 e. The molecule has 0 aliphatic heterocycles. The summed E-state index contributed by atoms with van der Waals surface area (Å²) in [5.41, 5.74) is 1.03. The lowest BCUT2D eigenvalue weighted by molar-refractivity contribution is 0.527. The van der Waals surface area contributed by atoms with Gasteiger partial charge in [-0.1, -0.05) is 13.8 Å². The van der Waals surface area contributed by atoms with Gasteiger partial charge in [-0.25, -0.2) is 0 Å². The average molecular weight is 236 g/mol. The highest BCUT2D eigenvalue weighted by atomic mass is 15.2. The van der Waals surface area contributed by atoms with Crippen molar-refractivity contribution < 1.29 is 0 Å². The van der Waals surface area contributed by atoms with Gasteiger partial charge in [-0.3, -0.25) is 0 Å². The largest absolute Gasteiger partial charge is 0.362 e. The Morgan fingerprint density at radius 3 is 2.41 bits per heavy atom. The van der Waals surface area contributed by atoms with Crippen LogP contribution in [0.2, 0.25) is 0 Å². The molecule has 96 valence electrons. The minimum absolute atomic E-state index is 0.0248. The van der Waals surface area contributed by atoms with Crippen LogP contribution < -0.4 is 10.6 Å². The van der Waals surface area contributed by atoms with E-state index in [2.05, 4.69) is 48.5 Å². The van der Waals surface area contributed by atoms with Gasteiger partial charge in [0, 0.05) is 12.1 Å². The molecule has 0 aromatic carbocycles. The SMILES string of the molecule is CNCC(C)(C)Nc1ccc(CC(C)C)nn1. The summed E-state index contributed by atoms with van der Waals surface area (Å²) in [4.78, 5) is 0. The van der Waals surface area contributed by atoms with Crippen molar-refractivity contribution in [3.63, 3.8) is 0 Å². The molecule has 0 amide bonds. The van der Waals surface area contributed by atoms with E-state index in [1.54, 1.807) is 0 Å². The molecule has 0 spiro atoms. The van der Waals surface area contributed by atoms with E-state index >= 15 is 0 Å². The molecular formula is C13H24N4. The number of hydrogen-bond donors (Lipinski definition) is 2. The summed E-state index contributed by atoms with van der Waals surface area (Å²) in [6.07, 6.45) is 0.979. The summed E-state index contributed by atoms with van der Waals surface area (Å²) in [6, 6.07) is 4.05. The van der Waals surface area contributed by atoms with Crippen molar-refractivity contribution in [1.29, 1.82) is 0 Å². The van der Waals surface area contributed by atoms with Gasteiger partial charge in [0.2, 0.25) is 0 Å². The molecule has 17 heavy (non-hydrogen) atoms. The Labute approximate surface area is 104 Å². The van der Waals surface area contributed by atoms with Crippen LogP contribution in [0.5, 0.6) is 0 Å². The second-order valence-corrected chi connectivity index (χ2v) is 5.55. The van der Waals surface area contributed by atoms with E-state index in [1.165, 1.54) is 0 Å². The van der Waals surface area contributed by atoms with Gasteiger partial charge >= 0.3 is 0 Å². The Morgan fingerprint density at radius 2 is 1.94 bits per heavy atom. The van der Waals surface area contributed by atoms with Crippen molar-refractivity contribution in [2.75, 3.05) is 18.9 Å². The summed E-state index contributed by atoms with van der Waals surface area (Å²) < 4.78 is 0. The van der Waals surface area contributed by atoms with Gasteiger partial charge in [0.05, 0.1) is 5.69 Å². The number of nitrogens with zero attached hydrogens (tertiary/aromatic N) is 2. The highest BCUT2D eigenvalue weighted by Gasteiger charge is 2.16. The molecule has 0 saturated heterocycles. The third-order valence-electron chi connectivity index (χ3n) is 2.42.